The number of aromatic nitrogens is 1. The first kappa shape index (κ1) is 14.3. The molecule has 1 N–H and O–H groups in total. The summed E-state index contributed by atoms with van der Waals surface area (Å²) in [4.78, 5) is 28.0. The number of hydrogen-bond donors (Lipinski definition) is 1. The second kappa shape index (κ2) is 6.01. The van der Waals surface area contributed by atoms with Crippen LogP contribution in [0.1, 0.15) is 16.8 Å². The molecule has 1 aliphatic heterocycles. The second-order valence-electron chi connectivity index (χ2n) is 5.15. The van der Waals surface area contributed by atoms with Crippen LogP contribution >= 0.6 is 0 Å². The molecule has 114 valence electrons. The van der Waals surface area contributed by atoms with Crippen molar-refractivity contribution in [3.8, 4) is 5.75 Å². The van der Waals surface area contributed by atoms with Gasteiger partial charge in [0, 0.05) is 25.2 Å². The zero-order valence-electron chi connectivity index (χ0n) is 11.8. The monoisotopic (exact) mass is 302 g/mol. The molecule has 1 amide bonds. The maximum atomic E-state index is 13.1. The Morgan fingerprint density at radius 1 is 1.32 bits per heavy atom. The Balaban J connectivity index is 1.66. The van der Waals surface area contributed by atoms with Gasteiger partial charge in [-0.25, -0.2) is 4.39 Å². The minimum Gasteiger partial charge on any atom is -0.488 e. The number of ether oxygens (including phenoxy) is 1. The third-order valence-electron chi connectivity index (χ3n) is 3.58. The SMILES string of the molecule is O=C(c1ccc[nH]c1=O)N1CCC(Oc2cccc(F)c2)C1. The largest absolute Gasteiger partial charge is 0.488 e. The van der Waals surface area contributed by atoms with E-state index in [1.807, 2.05) is 0 Å². The minimum atomic E-state index is -0.401. The van der Waals surface area contributed by atoms with E-state index in [2.05, 4.69) is 4.98 Å². The molecule has 3 rings (SSSR count). The molecule has 2 heterocycles. The molecular weight excluding hydrogens is 287 g/mol. The summed E-state index contributed by atoms with van der Waals surface area (Å²) < 4.78 is 18.8. The van der Waals surface area contributed by atoms with E-state index in [0.717, 1.165) is 0 Å². The fourth-order valence-corrected chi connectivity index (χ4v) is 2.50. The average Bonchev–Trinajstić information content (AvgIpc) is 2.95. The van der Waals surface area contributed by atoms with E-state index in [1.165, 1.54) is 24.4 Å². The lowest BCUT2D eigenvalue weighted by Crippen LogP contribution is -2.34. The highest BCUT2D eigenvalue weighted by atomic mass is 19.1. The van der Waals surface area contributed by atoms with Crippen LogP contribution in [0.15, 0.2) is 47.4 Å². The van der Waals surface area contributed by atoms with E-state index in [1.54, 1.807) is 23.1 Å². The lowest BCUT2D eigenvalue weighted by Gasteiger charge is -2.17. The molecule has 1 fully saturated rings. The van der Waals surface area contributed by atoms with Gasteiger partial charge in [0.2, 0.25) is 0 Å². The first-order valence-electron chi connectivity index (χ1n) is 7.02. The van der Waals surface area contributed by atoms with E-state index < -0.39 is 5.56 Å². The molecule has 0 aliphatic carbocycles. The van der Waals surface area contributed by atoms with Gasteiger partial charge in [0.05, 0.1) is 6.54 Å². The molecule has 1 atom stereocenters. The molecule has 1 aromatic carbocycles. The summed E-state index contributed by atoms with van der Waals surface area (Å²) in [6, 6.07) is 9.03. The van der Waals surface area contributed by atoms with Crippen molar-refractivity contribution in [1.82, 2.24) is 9.88 Å². The van der Waals surface area contributed by atoms with E-state index in [0.29, 0.717) is 25.3 Å². The fourth-order valence-electron chi connectivity index (χ4n) is 2.50. The summed E-state index contributed by atoms with van der Waals surface area (Å²) in [5.74, 6) is -0.233. The first-order valence-corrected chi connectivity index (χ1v) is 7.02. The lowest BCUT2D eigenvalue weighted by molar-refractivity contribution is 0.0770. The molecule has 22 heavy (non-hydrogen) atoms. The maximum absolute atomic E-state index is 13.1. The molecule has 1 aliphatic rings. The van der Waals surface area contributed by atoms with Gasteiger partial charge in [0.1, 0.15) is 23.2 Å². The van der Waals surface area contributed by atoms with Crippen molar-refractivity contribution in [3.63, 3.8) is 0 Å². The van der Waals surface area contributed by atoms with Gasteiger partial charge < -0.3 is 14.6 Å². The highest BCUT2D eigenvalue weighted by Gasteiger charge is 2.29. The van der Waals surface area contributed by atoms with E-state index >= 15 is 0 Å². The number of pyridine rings is 1. The number of aromatic amines is 1. The van der Waals surface area contributed by atoms with Crippen LogP contribution < -0.4 is 10.3 Å². The quantitative estimate of drug-likeness (QED) is 0.940. The molecule has 6 heteroatoms. The predicted octanol–water partition coefficient (Wildman–Crippen LogP) is 1.81. The Labute approximate surface area is 126 Å². The van der Waals surface area contributed by atoms with Crippen molar-refractivity contribution in [1.29, 1.82) is 0 Å². The van der Waals surface area contributed by atoms with Gasteiger partial charge in [0.25, 0.3) is 11.5 Å². The Bertz CT molecular complexity index is 744. The molecule has 0 bridgehead atoms. The van der Waals surface area contributed by atoms with Crippen LogP contribution in [0.25, 0.3) is 0 Å². The second-order valence-corrected chi connectivity index (χ2v) is 5.15. The lowest BCUT2D eigenvalue weighted by atomic mass is 10.2. The van der Waals surface area contributed by atoms with Gasteiger partial charge in [0.15, 0.2) is 0 Å². The van der Waals surface area contributed by atoms with Crippen LogP contribution in [0.2, 0.25) is 0 Å². The number of likely N-dealkylation sites (tertiary alicyclic amines) is 1. The number of amides is 1. The number of nitrogens with zero attached hydrogens (tertiary/aromatic N) is 1. The predicted molar refractivity (Wildman–Crippen MR) is 78.4 cm³/mol. The number of benzene rings is 1. The van der Waals surface area contributed by atoms with E-state index in [9.17, 15) is 14.0 Å². The Kier molecular flexibility index (Phi) is 3.91. The van der Waals surface area contributed by atoms with E-state index in [4.69, 9.17) is 4.74 Å². The number of nitrogens with one attached hydrogen (secondary N) is 1. The number of hydrogen-bond acceptors (Lipinski definition) is 3. The standard InChI is InChI=1S/C16H15FN2O3/c17-11-3-1-4-12(9-11)22-13-6-8-19(10-13)16(21)14-5-2-7-18-15(14)20/h1-5,7,9,13H,6,8,10H2,(H,18,20). The topological polar surface area (TPSA) is 62.4 Å². The smallest absolute Gasteiger partial charge is 0.260 e. The van der Waals surface area contributed by atoms with Crippen molar-refractivity contribution in [2.24, 2.45) is 0 Å². The van der Waals surface area contributed by atoms with Crippen LogP contribution in [0.5, 0.6) is 5.75 Å². The summed E-state index contributed by atoms with van der Waals surface area (Å²) in [6.45, 7) is 0.886. The highest BCUT2D eigenvalue weighted by molar-refractivity contribution is 5.94. The molecule has 0 saturated carbocycles. The van der Waals surface area contributed by atoms with Gasteiger partial charge in [-0.3, -0.25) is 9.59 Å². The van der Waals surface area contributed by atoms with E-state index in [-0.39, 0.29) is 23.4 Å². The van der Waals surface area contributed by atoms with Gasteiger partial charge in [-0.2, -0.15) is 0 Å². The van der Waals surface area contributed by atoms with Gasteiger partial charge >= 0.3 is 0 Å². The van der Waals surface area contributed by atoms with Crippen LogP contribution in [-0.4, -0.2) is 35.0 Å². The molecule has 0 radical (unpaired) electrons. The van der Waals surface area contributed by atoms with Crippen LogP contribution in [0.4, 0.5) is 4.39 Å². The molecule has 1 saturated heterocycles. The molecule has 2 aromatic rings. The molecule has 1 aromatic heterocycles. The maximum Gasteiger partial charge on any atom is 0.260 e. The third-order valence-corrected chi connectivity index (χ3v) is 3.58. The van der Waals surface area contributed by atoms with Crippen molar-refractivity contribution in [2.75, 3.05) is 13.1 Å². The van der Waals surface area contributed by atoms with Crippen LogP contribution in [0.3, 0.4) is 0 Å². The van der Waals surface area contributed by atoms with Gasteiger partial charge in [-0.15, -0.1) is 0 Å². The minimum absolute atomic E-state index is 0.119. The molecule has 5 nitrogen and oxygen atoms in total. The van der Waals surface area contributed by atoms with Crippen LogP contribution in [0, 0.1) is 5.82 Å². The zero-order chi connectivity index (χ0) is 15.5. The zero-order valence-corrected chi connectivity index (χ0v) is 11.8. The molecule has 1 unspecified atom stereocenters. The number of carbonyl (C=O) groups is 1. The molecular formula is C16H15FN2O3. The van der Waals surface area contributed by atoms with Crippen molar-refractivity contribution in [2.45, 2.75) is 12.5 Å². The summed E-state index contributed by atoms with van der Waals surface area (Å²) in [6.07, 6.45) is 1.93. The summed E-state index contributed by atoms with van der Waals surface area (Å²) in [5.41, 5.74) is -0.282. The summed E-state index contributed by atoms with van der Waals surface area (Å²) in [7, 11) is 0. The van der Waals surface area contributed by atoms with Crippen molar-refractivity contribution in [3.05, 3.63) is 64.3 Å². The summed E-state index contributed by atoms with van der Waals surface area (Å²) >= 11 is 0. The Morgan fingerprint density at radius 2 is 2.18 bits per heavy atom. The van der Waals surface area contributed by atoms with Gasteiger partial charge in [-0.1, -0.05) is 6.07 Å². The molecule has 0 spiro atoms. The Morgan fingerprint density at radius 3 is 2.95 bits per heavy atom. The summed E-state index contributed by atoms with van der Waals surface area (Å²) in [5, 5.41) is 0. The van der Waals surface area contributed by atoms with Crippen LogP contribution in [-0.2, 0) is 0 Å². The Hall–Kier alpha value is -2.63. The number of rotatable bonds is 3. The average molecular weight is 302 g/mol. The first-order chi connectivity index (χ1) is 10.6. The van der Waals surface area contributed by atoms with Crippen molar-refractivity contribution < 1.29 is 13.9 Å². The normalized spacial score (nSPS) is 17.5. The number of H-pyrrole nitrogens is 1. The number of halogens is 1. The van der Waals surface area contributed by atoms with Gasteiger partial charge in [-0.05, 0) is 24.3 Å². The third kappa shape index (κ3) is 3.00. The fraction of sp³-hybridized carbons (Fsp3) is 0.250. The number of carbonyl (C=O) groups excluding carboxylic acids is 1. The van der Waals surface area contributed by atoms with Crippen molar-refractivity contribution >= 4 is 5.91 Å². The highest BCUT2D eigenvalue weighted by Crippen LogP contribution is 2.20.